The maximum atomic E-state index is 13.3. The van der Waals surface area contributed by atoms with E-state index >= 15 is 0 Å². The fraction of sp³-hybridized carbons (Fsp3) is 0.542. The Labute approximate surface area is 190 Å². The number of rotatable bonds is 6. The van der Waals surface area contributed by atoms with Crippen molar-refractivity contribution in [1.29, 1.82) is 5.26 Å². The summed E-state index contributed by atoms with van der Waals surface area (Å²) in [6.45, 7) is 0.638. The fourth-order valence-electron chi connectivity index (χ4n) is 6.53. The Morgan fingerprint density at radius 3 is 2.55 bits per heavy atom. The molecule has 2 unspecified atom stereocenters. The molecular weight excluding hydrogens is 429 g/mol. The summed E-state index contributed by atoms with van der Waals surface area (Å²) in [4.78, 5) is 8.54. The van der Waals surface area contributed by atoms with E-state index in [1.165, 1.54) is 37.6 Å². The summed E-state index contributed by atoms with van der Waals surface area (Å²) in [5.41, 5.74) is 6.36. The Balaban J connectivity index is 1.30. The molecule has 4 aliphatic carbocycles. The first-order valence-electron chi connectivity index (χ1n) is 11.4. The summed E-state index contributed by atoms with van der Waals surface area (Å²) in [6.07, 6.45) is 2.79. The van der Waals surface area contributed by atoms with Crippen molar-refractivity contribution in [3.8, 4) is 6.07 Å². The van der Waals surface area contributed by atoms with Crippen LogP contribution in [0.15, 0.2) is 30.5 Å². The van der Waals surface area contributed by atoms with Gasteiger partial charge in [-0.25, -0.2) is 4.98 Å². The predicted octanol–water partition coefficient (Wildman–Crippen LogP) is 4.54. The van der Waals surface area contributed by atoms with E-state index in [0.29, 0.717) is 35.8 Å². The lowest BCUT2D eigenvalue weighted by atomic mass is 9.48. The van der Waals surface area contributed by atoms with E-state index in [9.17, 15) is 18.4 Å². The second-order valence-electron chi connectivity index (χ2n) is 9.98. The molecular formula is C24H27F3N6. The van der Waals surface area contributed by atoms with Crippen molar-refractivity contribution in [3.63, 3.8) is 0 Å². The van der Waals surface area contributed by atoms with Crippen LogP contribution in [0.5, 0.6) is 0 Å². The van der Waals surface area contributed by atoms with Crippen LogP contribution < -0.4 is 16.4 Å². The minimum Gasteiger partial charge on any atom is -0.368 e. The Kier molecular flexibility index (Phi) is 5.44. The number of nitrogens with zero attached hydrogens (tertiary/aromatic N) is 3. The van der Waals surface area contributed by atoms with E-state index in [1.807, 2.05) is 0 Å². The van der Waals surface area contributed by atoms with Crippen LogP contribution in [0.4, 0.5) is 24.9 Å². The van der Waals surface area contributed by atoms with Crippen molar-refractivity contribution in [2.75, 3.05) is 17.2 Å². The van der Waals surface area contributed by atoms with Crippen LogP contribution in [0.25, 0.3) is 0 Å². The van der Waals surface area contributed by atoms with Crippen molar-refractivity contribution in [2.45, 2.75) is 50.9 Å². The minimum absolute atomic E-state index is 0.0755. The second-order valence-corrected chi connectivity index (χ2v) is 9.98. The Morgan fingerprint density at radius 2 is 1.85 bits per heavy atom. The second kappa shape index (κ2) is 8.17. The summed E-state index contributed by atoms with van der Waals surface area (Å²) in [5.74, 6) is 2.48. The number of nitrogens with two attached hydrogens (primary N) is 1. The van der Waals surface area contributed by atoms with Crippen LogP contribution in [0.1, 0.15) is 48.8 Å². The third-order valence-corrected chi connectivity index (χ3v) is 7.77. The van der Waals surface area contributed by atoms with Crippen LogP contribution in [0.2, 0.25) is 0 Å². The van der Waals surface area contributed by atoms with Crippen LogP contribution >= 0.6 is 0 Å². The van der Waals surface area contributed by atoms with Crippen LogP contribution in [-0.2, 0) is 12.7 Å². The highest BCUT2D eigenvalue weighted by molar-refractivity contribution is 5.53. The summed E-state index contributed by atoms with van der Waals surface area (Å²) < 4.78 is 39.8. The van der Waals surface area contributed by atoms with Gasteiger partial charge in [-0.2, -0.15) is 23.4 Å². The lowest BCUT2D eigenvalue weighted by molar-refractivity contribution is -0.138. The van der Waals surface area contributed by atoms with Gasteiger partial charge in [0.25, 0.3) is 0 Å². The Bertz CT molecular complexity index is 1060. The monoisotopic (exact) mass is 456 g/mol. The fourth-order valence-corrected chi connectivity index (χ4v) is 6.53. The molecule has 0 aliphatic heterocycles. The maximum absolute atomic E-state index is 13.3. The van der Waals surface area contributed by atoms with Crippen molar-refractivity contribution in [3.05, 3.63) is 47.2 Å². The molecule has 4 saturated carbocycles. The van der Waals surface area contributed by atoms with Crippen LogP contribution in [-0.4, -0.2) is 22.6 Å². The lowest BCUT2D eigenvalue weighted by Crippen LogP contribution is -2.58. The zero-order valence-electron chi connectivity index (χ0n) is 18.2. The SMILES string of the molecule is N#Cc1cnc(NCc2ccccc2C(F)(F)F)nc1NCC12CC3CC(C1)C(N)C(C3)C2. The van der Waals surface area contributed by atoms with Gasteiger partial charge < -0.3 is 16.4 Å². The number of alkyl halides is 3. The van der Waals surface area contributed by atoms with E-state index in [0.717, 1.165) is 24.8 Å². The first-order chi connectivity index (χ1) is 15.8. The zero-order valence-corrected chi connectivity index (χ0v) is 18.2. The van der Waals surface area contributed by atoms with E-state index in [4.69, 9.17) is 5.73 Å². The number of anilines is 2. The molecule has 1 heterocycles. The normalized spacial score (nSPS) is 30.2. The molecule has 174 valence electrons. The number of benzene rings is 1. The molecule has 0 radical (unpaired) electrons. The molecule has 6 nitrogen and oxygen atoms in total. The first-order valence-corrected chi connectivity index (χ1v) is 11.4. The highest BCUT2D eigenvalue weighted by atomic mass is 19.4. The average Bonchev–Trinajstić information content (AvgIpc) is 2.79. The Morgan fingerprint density at radius 1 is 1.12 bits per heavy atom. The molecule has 0 spiro atoms. The first kappa shape index (κ1) is 22.0. The van der Waals surface area contributed by atoms with Gasteiger partial charge in [0.1, 0.15) is 17.5 Å². The van der Waals surface area contributed by atoms with Gasteiger partial charge in [0.05, 0.1) is 11.8 Å². The molecule has 1 aromatic heterocycles. The summed E-state index contributed by atoms with van der Waals surface area (Å²) in [6, 6.07) is 7.83. The van der Waals surface area contributed by atoms with E-state index in [-0.39, 0.29) is 23.5 Å². The van der Waals surface area contributed by atoms with E-state index < -0.39 is 11.7 Å². The molecule has 2 aromatic rings. The van der Waals surface area contributed by atoms with Gasteiger partial charge >= 0.3 is 6.18 Å². The highest BCUT2D eigenvalue weighted by Gasteiger charge is 2.54. The largest absolute Gasteiger partial charge is 0.416 e. The van der Waals surface area contributed by atoms with Gasteiger partial charge in [-0.15, -0.1) is 0 Å². The quantitative estimate of drug-likeness (QED) is 0.590. The summed E-state index contributed by atoms with van der Waals surface area (Å²) in [7, 11) is 0. The molecule has 0 amide bonds. The molecule has 4 bridgehead atoms. The molecule has 4 fully saturated rings. The van der Waals surface area contributed by atoms with Gasteiger partial charge in [-0.05, 0) is 66.9 Å². The van der Waals surface area contributed by atoms with E-state index in [1.54, 1.807) is 6.07 Å². The van der Waals surface area contributed by atoms with Crippen molar-refractivity contribution >= 4 is 11.8 Å². The van der Waals surface area contributed by atoms with Gasteiger partial charge in [0.15, 0.2) is 0 Å². The Hall–Kier alpha value is -2.86. The van der Waals surface area contributed by atoms with Gasteiger partial charge in [-0.3, -0.25) is 0 Å². The molecule has 1 aromatic carbocycles. The molecule has 0 saturated heterocycles. The van der Waals surface area contributed by atoms with Crippen molar-refractivity contribution in [1.82, 2.24) is 9.97 Å². The number of nitriles is 1. The standard InChI is InChI=1S/C24H27F3N6/c25-24(26,27)19-4-2-1-3-15(19)11-30-22-31-12-18(10-28)21(33-22)32-13-23-7-14-5-16(8-23)20(29)17(6-14)9-23/h1-4,12,14,16-17,20H,5-9,11,13,29H2,(H2,30,31,32,33). The van der Waals surface area contributed by atoms with Crippen LogP contribution in [0, 0.1) is 34.5 Å². The molecule has 33 heavy (non-hydrogen) atoms. The lowest BCUT2D eigenvalue weighted by Gasteiger charge is -2.59. The highest BCUT2D eigenvalue weighted by Crippen LogP contribution is 2.59. The van der Waals surface area contributed by atoms with Gasteiger partial charge in [-0.1, -0.05) is 18.2 Å². The van der Waals surface area contributed by atoms with Crippen LogP contribution in [0.3, 0.4) is 0 Å². The number of hydrogen-bond donors (Lipinski definition) is 3. The molecule has 9 heteroatoms. The predicted molar refractivity (Wildman–Crippen MR) is 118 cm³/mol. The number of nitrogens with one attached hydrogen (secondary N) is 2. The number of halogens is 3. The molecule has 4 N–H and O–H groups in total. The number of aromatic nitrogens is 2. The maximum Gasteiger partial charge on any atom is 0.416 e. The number of hydrogen-bond acceptors (Lipinski definition) is 6. The topological polar surface area (TPSA) is 99.6 Å². The zero-order chi connectivity index (χ0) is 23.2. The van der Waals surface area contributed by atoms with Gasteiger partial charge in [0.2, 0.25) is 5.95 Å². The van der Waals surface area contributed by atoms with E-state index in [2.05, 4.69) is 26.7 Å². The summed E-state index contributed by atoms with van der Waals surface area (Å²) in [5, 5.41) is 15.8. The van der Waals surface area contributed by atoms with Crippen molar-refractivity contribution in [2.24, 2.45) is 28.9 Å². The minimum atomic E-state index is -4.43. The molecule has 2 atom stereocenters. The summed E-state index contributed by atoms with van der Waals surface area (Å²) >= 11 is 0. The smallest absolute Gasteiger partial charge is 0.368 e. The average molecular weight is 457 g/mol. The molecule has 6 rings (SSSR count). The molecule has 4 aliphatic rings. The third kappa shape index (κ3) is 4.24. The van der Waals surface area contributed by atoms with Crippen molar-refractivity contribution < 1.29 is 13.2 Å². The van der Waals surface area contributed by atoms with Gasteiger partial charge in [0, 0.05) is 19.1 Å². The third-order valence-electron chi connectivity index (χ3n) is 7.77.